The molecule has 1 fully saturated rings. The van der Waals surface area contributed by atoms with Crippen molar-refractivity contribution in [2.45, 2.75) is 46.3 Å². The minimum Gasteiger partial charge on any atom is -0.491 e. The average molecular weight is 489 g/mol. The van der Waals surface area contributed by atoms with E-state index in [1.807, 2.05) is 39.0 Å². The van der Waals surface area contributed by atoms with Crippen molar-refractivity contribution in [3.63, 3.8) is 0 Å². The van der Waals surface area contributed by atoms with Gasteiger partial charge in [0, 0.05) is 26.7 Å². The Kier molecular flexibility index (Phi) is 10.5. The third-order valence-electron chi connectivity index (χ3n) is 4.27. The maximum absolute atomic E-state index is 12.0. The van der Waals surface area contributed by atoms with Gasteiger partial charge in [-0.1, -0.05) is 12.1 Å². The Morgan fingerprint density at radius 3 is 2.85 bits per heavy atom. The topological polar surface area (TPSA) is 63.2 Å². The molecule has 0 aromatic heterocycles. The summed E-state index contributed by atoms with van der Waals surface area (Å²) in [6.45, 7) is 8.50. The fraction of sp³-hybridized carbons (Fsp3) is 0.600. The molecule has 0 bridgehead atoms. The summed E-state index contributed by atoms with van der Waals surface area (Å²) in [5, 5.41) is 3.40. The van der Waals surface area contributed by atoms with E-state index in [0.29, 0.717) is 19.7 Å². The first-order chi connectivity index (χ1) is 12.5. The standard InChI is InChI=1S/C20H31N3O3.HI/c1-5-25-19(24)17-9-7-11-23(14-17)20(21-4)22-13-16-8-6-10-18(12-16)26-15(2)3;/h6,8,10,12,15,17H,5,7,9,11,13-14H2,1-4H3,(H,21,22);1H. The largest absolute Gasteiger partial charge is 0.491 e. The lowest BCUT2D eigenvalue weighted by Gasteiger charge is -2.34. The monoisotopic (exact) mass is 489 g/mol. The van der Waals surface area contributed by atoms with E-state index in [0.717, 1.165) is 36.7 Å². The number of piperidine rings is 1. The second kappa shape index (κ2) is 12.0. The van der Waals surface area contributed by atoms with Crippen LogP contribution in [0.3, 0.4) is 0 Å². The molecule has 27 heavy (non-hydrogen) atoms. The molecule has 0 amide bonds. The SMILES string of the molecule is CCOC(=O)C1CCCN(C(=NC)NCc2cccc(OC(C)C)c2)C1.I. The Hall–Kier alpha value is -1.51. The van der Waals surface area contributed by atoms with Gasteiger partial charge in [-0.25, -0.2) is 0 Å². The molecule has 1 saturated heterocycles. The summed E-state index contributed by atoms with van der Waals surface area (Å²) in [4.78, 5) is 18.6. The number of rotatable bonds is 6. The molecule has 0 aliphatic carbocycles. The van der Waals surface area contributed by atoms with Crippen molar-refractivity contribution in [3.05, 3.63) is 29.8 Å². The molecule has 0 radical (unpaired) electrons. The predicted octanol–water partition coefficient (Wildman–Crippen LogP) is 3.44. The van der Waals surface area contributed by atoms with Crippen molar-refractivity contribution in [3.8, 4) is 5.75 Å². The van der Waals surface area contributed by atoms with Crippen LogP contribution in [0, 0.1) is 5.92 Å². The number of ether oxygens (including phenoxy) is 2. The van der Waals surface area contributed by atoms with Crippen molar-refractivity contribution < 1.29 is 14.3 Å². The third-order valence-corrected chi connectivity index (χ3v) is 4.27. The van der Waals surface area contributed by atoms with Crippen LogP contribution >= 0.6 is 24.0 Å². The third kappa shape index (κ3) is 7.56. The maximum Gasteiger partial charge on any atom is 0.310 e. The van der Waals surface area contributed by atoms with Gasteiger partial charge in [0.15, 0.2) is 5.96 Å². The van der Waals surface area contributed by atoms with Crippen LogP contribution in [0.2, 0.25) is 0 Å². The lowest BCUT2D eigenvalue weighted by molar-refractivity contribution is -0.149. The predicted molar refractivity (Wildman–Crippen MR) is 119 cm³/mol. The normalized spacial score (nSPS) is 17.3. The molecule has 6 nitrogen and oxygen atoms in total. The van der Waals surface area contributed by atoms with Gasteiger partial charge in [-0.15, -0.1) is 24.0 Å². The molecule has 1 aliphatic rings. The van der Waals surface area contributed by atoms with Crippen molar-refractivity contribution in [1.82, 2.24) is 10.2 Å². The molecule has 1 atom stereocenters. The minimum absolute atomic E-state index is 0. The summed E-state index contributed by atoms with van der Waals surface area (Å²) in [7, 11) is 1.77. The van der Waals surface area contributed by atoms with Crippen molar-refractivity contribution in [1.29, 1.82) is 0 Å². The lowest BCUT2D eigenvalue weighted by atomic mass is 9.98. The molecular weight excluding hydrogens is 457 g/mol. The van der Waals surface area contributed by atoms with Gasteiger partial charge in [0.1, 0.15) is 5.75 Å². The molecule has 1 aromatic carbocycles. The highest BCUT2D eigenvalue weighted by molar-refractivity contribution is 14.0. The van der Waals surface area contributed by atoms with Crippen LogP contribution in [-0.4, -0.2) is 49.7 Å². The second-order valence-electron chi connectivity index (χ2n) is 6.75. The Morgan fingerprint density at radius 1 is 1.41 bits per heavy atom. The molecule has 0 spiro atoms. The van der Waals surface area contributed by atoms with Gasteiger partial charge < -0.3 is 19.7 Å². The minimum atomic E-state index is -0.105. The number of likely N-dealkylation sites (tertiary alicyclic amines) is 1. The van der Waals surface area contributed by atoms with E-state index in [-0.39, 0.29) is 42.0 Å². The molecule has 1 aromatic rings. The van der Waals surface area contributed by atoms with Crippen LogP contribution < -0.4 is 10.1 Å². The van der Waals surface area contributed by atoms with Gasteiger partial charge in [-0.2, -0.15) is 0 Å². The van der Waals surface area contributed by atoms with Gasteiger partial charge in [-0.05, 0) is 51.3 Å². The van der Waals surface area contributed by atoms with E-state index in [2.05, 4.69) is 21.3 Å². The van der Waals surface area contributed by atoms with Crippen LogP contribution in [-0.2, 0) is 16.1 Å². The highest BCUT2D eigenvalue weighted by Gasteiger charge is 2.28. The van der Waals surface area contributed by atoms with Crippen LogP contribution in [0.4, 0.5) is 0 Å². The Morgan fingerprint density at radius 2 is 2.19 bits per heavy atom. The molecule has 2 rings (SSSR count). The molecule has 0 saturated carbocycles. The first kappa shape index (κ1) is 23.5. The Labute approximate surface area is 179 Å². The number of hydrogen-bond acceptors (Lipinski definition) is 4. The van der Waals surface area contributed by atoms with E-state index in [1.165, 1.54) is 0 Å². The molecule has 1 unspecified atom stereocenters. The first-order valence-corrected chi connectivity index (χ1v) is 9.41. The van der Waals surface area contributed by atoms with Gasteiger partial charge in [-0.3, -0.25) is 9.79 Å². The lowest BCUT2D eigenvalue weighted by Crippen LogP contribution is -2.48. The first-order valence-electron chi connectivity index (χ1n) is 9.41. The Balaban J connectivity index is 0.00000364. The fourth-order valence-corrected chi connectivity index (χ4v) is 3.14. The van der Waals surface area contributed by atoms with Gasteiger partial charge in [0.05, 0.1) is 18.6 Å². The number of guanidine groups is 1. The van der Waals surface area contributed by atoms with E-state index >= 15 is 0 Å². The average Bonchev–Trinajstić information content (AvgIpc) is 2.62. The van der Waals surface area contributed by atoms with Crippen molar-refractivity contribution in [2.75, 3.05) is 26.7 Å². The van der Waals surface area contributed by atoms with Crippen molar-refractivity contribution >= 4 is 35.9 Å². The summed E-state index contributed by atoms with van der Waals surface area (Å²) in [6, 6.07) is 8.06. The molecule has 1 heterocycles. The summed E-state index contributed by atoms with van der Waals surface area (Å²) >= 11 is 0. The quantitative estimate of drug-likeness (QED) is 0.287. The molecule has 152 valence electrons. The number of carbonyl (C=O) groups excluding carboxylic acids is 1. The number of esters is 1. The summed E-state index contributed by atoms with van der Waals surface area (Å²) < 4.78 is 10.9. The maximum atomic E-state index is 12.0. The summed E-state index contributed by atoms with van der Waals surface area (Å²) in [6.07, 6.45) is 1.99. The molecular formula is C20H32IN3O3. The number of hydrogen-bond donors (Lipinski definition) is 1. The van der Waals surface area contributed by atoms with Gasteiger partial charge >= 0.3 is 5.97 Å². The molecule has 1 aliphatic heterocycles. The zero-order chi connectivity index (χ0) is 18.9. The number of carbonyl (C=O) groups is 1. The van der Waals surface area contributed by atoms with Crippen LogP contribution in [0.25, 0.3) is 0 Å². The van der Waals surface area contributed by atoms with E-state index in [1.54, 1.807) is 7.05 Å². The second-order valence-corrected chi connectivity index (χ2v) is 6.75. The van der Waals surface area contributed by atoms with Gasteiger partial charge in [0.2, 0.25) is 0 Å². The molecule has 1 N–H and O–H groups in total. The number of halogens is 1. The van der Waals surface area contributed by atoms with Crippen LogP contribution in [0.15, 0.2) is 29.3 Å². The van der Waals surface area contributed by atoms with Crippen LogP contribution in [0.1, 0.15) is 39.2 Å². The fourth-order valence-electron chi connectivity index (χ4n) is 3.14. The zero-order valence-electron chi connectivity index (χ0n) is 16.7. The van der Waals surface area contributed by atoms with E-state index in [9.17, 15) is 4.79 Å². The smallest absolute Gasteiger partial charge is 0.310 e. The van der Waals surface area contributed by atoms with E-state index < -0.39 is 0 Å². The molecule has 7 heteroatoms. The van der Waals surface area contributed by atoms with E-state index in [4.69, 9.17) is 9.47 Å². The zero-order valence-corrected chi connectivity index (χ0v) is 19.1. The number of aliphatic imine (C=N–C) groups is 1. The summed E-state index contributed by atoms with van der Waals surface area (Å²) in [5.41, 5.74) is 1.13. The van der Waals surface area contributed by atoms with Crippen molar-refractivity contribution in [2.24, 2.45) is 10.9 Å². The summed E-state index contributed by atoms with van der Waals surface area (Å²) in [5.74, 6) is 1.50. The number of benzene rings is 1. The van der Waals surface area contributed by atoms with Gasteiger partial charge in [0.25, 0.3) is 0 Å². The Bertz CT molecular complexity index is 622. The number of nitrogens with one attached hydrogen (secondary N) is 1. The highest BCUT2D eigenvalue weighted by Crippen LogP contribution is 2.19. The number of nitrogens with zero attached hydrogens (tertiary/aromatic N) is 2. The van der Waals surface area contributed by atoms with Crippen LogP contribution in [0.5, 0.6) is 5.75 Å². The highest BCUT2D eigenvalue weighted by atomic mass is 127.